The summed E-state index contributed by atoms with van der Waals surface area (Å²) in [7, 11) is 4.64. The smallest absolute Gasteiger partial charge is 0.203 e. The number of hydrogen-bond acceptors (Lipinski definition) is 7. The van der Waals surface area contributed by atoms with Gasteiger partial charge in [-0.3, -0.25) is 0 Å². The molecule has 0 saturated carbocycles. The monoisotopic (exact) mass is 542 g/mol. The average molecular weight is 543 g/mol. The number of nitrogens with one attached hydrogen (secondary N) is 1. The Morgan fingerprint density at radius 1 is 1.00 bits per heavy atom. The van der Waals surface area contributed by atoms with E-state index < -0.39 is 0 Å². The van der Waals surface area contributed by atoms with Crippen LogP contribution in [0.1, 0.15) is 24.1 Å². The Morgan fingerprint density at radius 2 is 1.70 bits per heavy atom. The fourth-order valence-corrected chi connectivity index (χ4v) is 4.97. The summed E-state index contributed by atoms with van der Waals surface area (Å²) in [4.78, 5) is 4.93. The molecule has 0 amide bonds. The summed E-state index contributed by atoms with van der Waals surface area (Å²) in [6.45, 7) is 2.10. The van der Waals surface area contributed by atoms with Gasteiger partial charge in [0.1, 0.15) is 17.4 Å². The maximum absolute atomic E-state index is 13.8. The third kappa shape index (κ3) is 5.50. The highest BCUT2D eigenvalue weighted by Gasteiger charge is 2.22. The van der Waals surface area contributed by atoms with Gasteiger partial charge in [0.05, 0.1) is 27.0 Å². The number of nitrogens with zero attached hydrogens (tertiary/aromatic N) is 3. The van der Waals surface area contributed by atoms with Crippen molar-refractivity contribution in [1.29, 1.82) is 5.26 Å². The van der Waals surface area contributed by atoms with Crippen LogP contribution in [0.25, 0.3) is 28.2 Å². The van der Waals surface area contributed by atoms with Gasteiger partial charge < -0.3 is 28.8 Å². The zero-order valence-corrected chi connectivity index (χ0v) is 22.7. The summed E-state index contributed by atoms with van der Waals surface area (Å²) in [5.74, 6) is 1.51. The number of ether oxygens (including phenoxy) is 4. The van der Waals surface area contributed by atoms with Crippen molar-refractivity contribution in [1.82, 2.24) is 14.9 Å². The molecule has 206 valence electrons. The number of nitriles is 1. The topological polar surface area (TPSA) is 90.6 Å². The van der Waals surface area contributed by atoms with Gasteiger partial charge >= 0.3 is 0 Å². The van der Waals surface area contributed by atoms with Gasteiger partial charge in [0, 0.05) is 48.8 Å². The lowest BCUT2D eigenvalue weighted by Crippen LogP contribution is -2.34. The van der Waals surface area contributed by atoms with Crippen LogP contribution in [0.3, 0.4) is 0 Å². The van der Waals surface area contributed by atoms with Crippen molar-refractivity contribution in [3.8, 4) is 51.5 Å². The van der Waals surface area contributed by atoms with Gasteiger partial charge in [-0.2, -0.15) is 5.26 Å². The molecule has 0 atom stereocenters. The quantitative estimate of drug-likeness (QED) is 0.298. The molecular formula is C31H31FN4O4. The predicted octanol–water partition coefficient (Wildman–Crippen LogP) is 5.51. The van der Waals surface area contributed by atoms with E-state index in [4.69, 9.17) is 23.9 Å². The fraction of sp³-hybridized carbons (Fsp3) is 0.290. The highest BCUT2D eigenvalue weighted by atomic mass is 19.1. The molecule has 40 heavy (non-hydrogen) atoms. The van der Waals surface area contributed by atoms with Crippen LogP contribution >= 0.6 is 0 Å². The molecule has 2 aromatic heterocycles. The van der Waals surface area contributed by atoms with Crippen LogP contribution in [0.4, 0.5) is 4.39 Å². The Kier molecular flexibility index (Phi) is 8.29. The van der Waals surface area contributed by atoms with Crippen LogP contribution in [-0.4, -0.2) is 50.1 Å². The van der Waals surface area contributed by atoms with Crippen LogP contribution in [0.2, 0.25) is 0 Å². The third-order valence-electron chi connectivity index (χ3n) is 7.08. The summed E-state index contributed by atoms with van der Waals surface area (Å²) in [6.07, 6.45) is 3.80. The SMILES string of the molecule is COc1cc(-c2cc(-c3ccc(F)cc3)nc(-n3cccc3CNC3CCOCC3)c2C#N)cc(OC)c1OC. The van der Waals surface area contributed by atoms with E-state index in [9.17, 15) is 9.65 Å². The first-order valence-corrected chi connectivity index (χ1v) is 13.1. The molecule has 9 heteroatoms. The van der Waals surface area contributed by atoms with E-state index in [0.29, 0.717) is 58.0 Å². The molecule has 0 unspecified atom stereocenters. The number of halogens is 1. The van der Waals surface area contributed by atoms with Gasteiger partial charge in [-0.05, 0) is 73.0 Å². The molecule has 4 aromatic rings. The molecule has 1 aliphatic heterocycles. The molecule has 0 radical (unpaired) electrons. The van der Waals surface area contributed by atoms with Gasteiger partial charge in [-0.15, -0.1) is 0 Å². The molecule has 0 aliphatic carbocycles. The van der Waals surface area contributed by atoms with E-state index in [-0.39, 0.29) is 5.82 Å². The summed E-state index contributed by atoms with van der Waals surface area (Å²) >= 11 is 0. The second-order valence-corrected chi connectivity index (χ2v) is 9.42. The normalized spacial score (nSPS) is 13.6. The van der Waals surface area contributed by atoms with E-state index in [2.05, 4.69) is 11.4 Å². The van der Waals surface area contributed by atoms with E-state index >= 15 is 0 Å². The zero-order chi connectivity index (χ0) is 28.1. The zero-order valence-electron chi connectivity index (χ0n) is 22.7. The third-order valence-corrected chi connectivity index (χ3v) is 7.08. The number of rotatable bonds is 9. The molecule has 3 heterocycles. The fourth-order valence-electron chi connectivity index (χ4n) is 4.97. The summed E-state index contributed by atoms with van der Waals surface area (Å²) in [6, 6.07) is 18.3. The Hall–Kier alpha value is -4.39. The number of methoxy groups -OCH3 is 3. The van der Waals surface area contributed by atoms with E-state index in [0.717, 1.165) is 37.3 Å². The molecule has 0 bridgehead atoms. The Bertz CT molecular complexity index is 1500. The van der Waals surface area contributed by atoms with Crippen molar-refractivity contribution in [2.24, 2.45) is 0 Å². The second-order valence-electron chi connectivity index (χ2n) is 9.42. The lowest BCUT2D eigenvalue weighted by Gasteiger charge is -2.23. The molecule has 1 fully saturated rings. The van der Waals surface area contributed by atoms with Gasteiger partial charge in [-0.1, -0.05) is 0 Å². The minimum atomic E-state index is -0.339. The molecule has 1 N–H and O–H groups in total. The first-order chi connectivity index (χ1) is 19.6. The Labute approximate surface area is 232 Å². The van der Waals surface area contributed by atoms with Gasteiger partial charge in [0.25, 0.3) is 0 Å². The van der Waals surface area contributed by atoms with E-state index in [1.54, 1.807) is 45.6 Å². The average Bonchev–Trinajstić information content (AvgIpc) is 3.48. The number of benzene rings is 2. The summed E-state index contributed by atoms with van der Waals surface area (Å²) in [5, 5.41) is 14.1. The van der Waals surface area contributed by atoms with Crippen molar-refractivity contribution in [2.45, 2.75) is 25.4 Å². The lowest BCUT2D eigenvalue weighted by molar-refractivity contribution is 0.0775. The van der Waals surface area contributed by atoms with E-state index in [1.165, 1.54) is 12.1 Å². The highest BCUT2D eigenvalue weighted by Crippen LogP contribution is 2.43. The number of pyridine rings is 1. The number of aromatic nitrogens is 2. The molecule has 2 aromatic carbocycles. The summed E-state index contributed by atoms with van der Waals surface area (Å²) < 4.78 is 37.9. The maximum Gasteiger partial charge on any atom is 0.203 e. The highest BCUT2D eigenvalue weighted by molar-refractivity contribution is 5.81. The van der Waals surface area contributed by atoms with Crippen molar-refractivity contribution >= 4 is 0 Å². The van der Waals surface area contributed by atoms with Gasteiger partial charge in [0.15, 0.2) is 17.3 Å². The molecular weight excluding hydrogens is 511 g/mol. The minimum absolute atomic E-state index is 0.339. The first-order valence-electron chi connectivity index (χ1n) is 13.1. The van der Waals surface area contributed by atoms with Crippen LogP contribution in [-0.2, 0) is 11.3 Å². The predicted molar refractivity (Wildman–Crippen MR) is 149 cm³/mol. The number of hydrogen-bond donors (Lipinski definition) is 1. The van der Waals surface area contributed by atoms with Crippen molar-refractivity contribution in [3.05, 3.63) is 77.9 Å². The van der Waals surface area contributed by atoms with Gasteiger partial charge in [0.2, 0.25) is 5.75 Å². The van der Waals surface area contributed by atoms with Crippen molar-refractivity contribution < 1.29 is 23.3 Å². The molecule has 5 rings (SSSR count). The minimum Gasteiger partial charge on any atom is -0.493 e. The van der Waals surface area contributed by atoms with Crippen LogP contribution in [0.5, 0.6) is 17.2 Å². The standard InChI is InChI=1S/C31H31FN4O4/c1-37-28-15-21(16-29(38-2)30(28)39-3)25-17-27(20-6-8-22(32)9-7-20)35-31(26(25)18-33)36-12-4-5-24(36)19-34-23-10-13-40-14-11-23/h4-9,12,15-17,23,34H,10-11,13-14,19H2,1-3H3. The van der Waals surface area contributed by atoms with Crippen molar-refractivity contribution in [3.63, 3.8) is 0 Å². The van der Waals surface area contributed by atoms with Crippen LogP contribution in [0.15, 0.2) is 60.8 Å². The Morgan fingerprint density at radius 3 is 2.33 bits per heavy atom. The molecule has 0 spiro atoms. The first kappa shape index (κ1) is 27.2. The Balaban J connectivity index is 1.68. The van der Waals surface area contributed by atoms with Crippen LogP contribution < -0.4 is 19.5 Å². The van der Waals surface area contributed by atoms with Crippen molar-refractivity contribution in [2.75, 3.05) is 34.5 Å². The van der Waals surface area contributed by atoms with Gasteiger partial charge in [-0.25, -0.2) is 9.37 Å². The largest absolute Gasteiger partial charge is 0.493 e. The van der Waals surface area contributed by atoms with E-state index in [1.807, 2.05) is 29.0 Å². The second kappa shape index (κ2) is 12.2. The molecule has 1 saturated heterocycles. The summed E-state index contributed by atoms with van der Waals surface area (Å²) in [5.41, 5.74) is 3.96. The lowest BCUT2D eigenvalue weighted by atomic mass is 9.97. The maximum atomic E-state index is 13.8. The molecule has 1 aliphatic rings. The molecule has 8 nitrogen and oxygen atoms in total. The van der Waals surface area contributed by atoms with Crippen LogP contribution in [0, 0.1) is 17.1 Å².